The lowest BCUT2D eigenvalue weighted by molar-refractivity contribution is 0.0927. The van der Waals surface area contributed by atoms with E-state index in [1.54, 1.807) is 18.3 Å². The lowest BCUT2D eigenvalue weighted by Crippen LogP contribution is -2.35. The monoisotopic (exact) mass is 490 g/mol. The second-order valence-electron chi connectivity index (χ2n) is 9.34. The van der Waals surface area contributed by atoms with Gasteiger partial charge in [0, 0.05) is 24.5 Å². The lowest BCUT2D eigenvalue weighted by atomic mass is 10.1. The molecule has 36 heavy (non-hydrogen) atoms. The number of carbonyl (C=O) groups excluding carboxylic acids is 1. The maximum Gasteiger partial charge on any atom is 0.258 e. The highest BCUT2D eigenvalue weighted by Gasteiger charge is 2.26. The topological polar surface area (TPSA) is 76.6 Å². The van der Waals surface area contributed by atoms with E-state index in [2.05, 4.69) is 21.4 Å². The first kappa shape index (κ1) is 24.0. The molecule has 3 aromatic rings. The zero-order chi connectivity index (χ0) is 24.9. The standard InChI is InChI=1S/C28H31FN4O3/c1-35-25-13-12-19(16-23(25)29)18-36-27-22(26(34)31-21-9-4-2-3-5-10-21)17-30-28(32-27)33-15-14-20-8-6-7-11-24(20)33/h6-8,11-13,16-17,21H,2-5,9-10,14-15,18H2,1H3,(H,31,34). The third-order valence-electron chi connectivity index (χ3n) is 6.90. The van der Waals surface area contributed by atoms with E-state index in [1.807, 2.05) is 23.1 Å². The number of methoxy groups -OCH3 is 1. The minimum absolute atomic E-state index is 0.0532. The van der Waals surface area contributed by atoms with Crippen LogP contribution in [0.5, 0.6) is 11.6 Å². The van der Waals surface area contributed by atoms with Gasteiger partial charge < -0.3 is 19.7 Å². The van der Waals surface area contributed by atoms with Crippen molar-refractivity contribution in [2.24, 2.45) is 0 Å². The van der Waals surface area contributed by atoms with E-state index < -0.39 is 5.82 Å². The predicted octanol–water partition coefficient (Wildman–Crippen LogP) is 5.35. The Morgan fingerprint density at radius 2 is 1.94 bits per heavy atom. The number of nitrogens with one attached hydrogen (secondary N) is 1. The van der Waals surface area contributed by atoms with Crippen molar-refractivity contribution in [3.8, 4) is 11.6 Å². The van der Waals surface area contributed by atoms with Crippen LogP contribution in [0, 0.1) is 5.82 Å². The van der Waals surface area contributed by atoms with Gasteiger partial charge in [-0.25, -0.2) is 9.37 Å². The highest BCUT2D eigenvalue weighted by Crippen LogP contribution is 2.33. The fraction of sp³-hybridized carbons (Fsp3) is 0.393. The first-order valence-corrected chi connectivity index (χ1v) is 12.6. The molecule has 2 aromatic carbocycles. The molecule has 7 nitrogen and oxygen atoms in total. The quantitative estimate of drug-likeness (QED) is 0.450. The molecular formula is C28H31FN4O3. The van der Waals surface area contributed by atoms with Crippen LogP contribution in [0.4, 0.5) is 16.0 Å². The molecule has 1 amide bonds. The number of anilines is 2. The Hall–Kier alpha value is -3.68. The van der Waals surface area contributed by atoms with Gasteiger partial charge in [0.25, 0.3) is 5.91 Å². The van der Waals surface area contributed by atoms with Crippen LogP contribution in [0.1, 0.15) is 60.0 Å². The minimum Gasteiger partial charge on any atom is -0.494 e. The molecule has 8 heteroatoms. The summed E-state index contributed by atoms with van der Waals surface area (Å²) in [6.45, 7) is 0.799. The van der Waals surface area contributed by atoms with Crippen LogP contribution in [0.3, 0.4) is 0 Å². The predicted molar refractivity (Wildman–Crippen MR) is 135 cm³/mol. The van der Waals surface area contributed by atoms with Gasteiger partial charge in [-0.3, -0.25) is 4.79 Å². The summed E-state index contributed by atoms with van der Waals surface area (Å²) in [4.78, 5) is 24.5. The van der Waals surface area contributed by atoms with Gasteiger partial charge >= 0.3 is 0 Å². The number of halogens is 1. The Bertz CT molecular complexity index is 1230. The zero-order valence-corrected chi connectivity index (χ0v) is 20.5. The second-order valence-corrected chi connectivity index (χ2v) is 9.34. The van der Waals surface area contributed by atoms with Crippen molar-refractivity contribution in [3.05, 3.63) is 71.2 Å². The first-order chi connectivity index (χ1) is 17.6. The third kappa shape index (κ3) is 5.27. The van der Waals surface area contributed by atoms with Crippen molar-refractivity contribution in [2.45, 2.75) is 57.6 Å². The van der Waals surface area contributed by atoms with E-state index in [1.165, 1.54) is 31.6 Å². The van der Waals surface area contributed by atoms with Gasteiger partial charge in [0.1, 0.15) is 12.2 Å². The molecular weight excluding hydrogens is 459 g/mol. The smallest absolute Gasteiger partial charge is 0.258 e. The van der Waals surface area contributed by atoms with Gasteiger partial charge in [0.05, 0.1) is 7.11 Å². The summed E-state index contributed by atoms with van der Waals surface area (Å²) in [5.74, 6) is 0.112. The van der Waals surface area contributed by atoms with Crippen molar-refractivity contribution in [3.63, 3.8) is 0 Å². The van der Waals surface area contributed by atoms with Crippen molar-refractivity contribution < 1.29 is 18.7 Å². The molecule has 2 heterocycles. The van der Waals surface area contributed by atoms with Crippen LogP contribution in [-0.4, -0.2) is 35.6 Å². The maximum atomic E-state index is 14.2. The Balaban J connectivity index is 1.41. The molecule has 188 valence electrons. The minimum atomic E-state index is -0.470. The van der Waals surface area contributed by atoms with E-state index in [9.17, 15) is 9.18 Å². The number of amides is 1. The summed E-state index contributed by atoms with van der Waals surface area (Å²) < 4.78 is 25.2. The highest BCUT2D eigenvalue weighted by molar-refractivity contribution is 5.96. The third-order valence-corrected chi connectivity index (χ3v) is 6.90. The van der Waals surface area contributed by atoms with E-state index in [-0.39, 0.29) is 35.7 Å². The van der Waals surface area contributed by atoms with Crippen molar-refractivity contribution >= 4 is 17.5 Å². The number of fused-ring (bicyclic) bond motifs is 1. The Labute approximate surface area is 210 Å². The van der Waals surface area contributed by atoms with E-state index in [0.717, 1.165) is 44.3 Å². The number of aromatic nitrogens is 2. The molecule has 1 aromatic heterocycles. The molecule has 0 radical (unpaired) electrons. The van der Waals surface area contributed by atoms with Crippen molar-refractivity contribution in [1.82, 2.24) is 15.3 Å². The molecule has 2 aliphatic rings. The van der Waals surface area contributed by atoms with Crippen LogP contribution in [0.25, 0.3) is 0 Å². The van der Waals surface area contributed by atoms with Gasteiger partial charge in [0.2, 0.25) is 11.8 Å². The average Bonchev–Trinajstić information content (AvgIpc) is 3.16. The summed E-state index contributed by atoms with van der Waals surface area (Å²) in [6.07, 6.45) is 9.00. The number of para-hydroxylation sites is 1. The van der Waals surface area contributed by atoms with Crippen LogP contribution in [-0.2, 0) is 13.0 Å². The number of benzene rings is 2. The molecule has 0 unspecified atom stereocenters. The van der Waals surface area contributed by atoms with Gasteiger partial charge in [-0.2, -0.15) is 4.98 Å². The maximum absolute atomic E-state index is 14.2. The fourth-order valence-corrected chi connectivity index (χ4v) is 4.94. The molecule has 0 bridgehead atoms. The largest absolute Gasteiger partial charge is 0.494 e. The van der Waals surface area contributed by atoms with E-state index >= 15 is 0 Å². The first-order valence-electron chi connectivity index (χ1n) is 12.6. The summed E-state index contributed by atoms with van der Waals surface area (Å²) in [5.41, 5.74) is 3.17. The highest BCUT2D eigenvalue weighted by atomic mass is 19.1. The SMILES string of the molecule is COc1ccc(COc2nc(N3CCc4ccccc43)ncc2C(=O)NC2CCCCCC2)cc1F. The zero-order valence-electron chi connectivity index (χ0n) is 20.5. The summed E-state index contributed by atoms with van der Waals surface area (Å²) in [6, 6.07) is 12.9. The molecule has 5 rings (SSSR count). The lowest BCUT2D eigenvalue weighted by Gasteiger charge is -2.20. The van der Waals surface area contributed by atoms with Gasteiger partial charge in [-0.1, -0.05) is 49.9 Å². The second kappa shape index (κ2) is 10.9. The Morgan fingerprint density at radius 3 is 2.72 bits per heavy atom. The number of hydrogen-bond acceptors (Lipinski definition) is 6. The molecule has 0 atom stereocenters. The summed E-state index contributed by atoms with van der Waals surface area (Å²) in [5, 5.41) is 3.15. The van der Waals surface area contributed by atoms with E-state index in [4.69, 9.17) is 9.47 Å². The van der Waals surface area contributed by atoms with Crippen LogP contribution in [0.15, 0.2) is 48.7 Å². The Kier molecular flexibility index (Phi) is 7.30. The number of nitrogens with zero attached hydrogens (tertiary/aromatic N) is 3. The van der Waals surface area contributed by atoms with Gasteiger partial charge in [0.15, 0.2) is 11.6 Å². The molecule has 1 saturated carbocycles. The molecule has 1 aliphatic heterocycles. The number of ether oxygens (including phenoxy) is 2. The molecule has 0 spiro atoms. The average molecular weight is 491 g/mol. The van der Waals surface area contributed by atoms with Crippen LogP contribution in [0.2, 0.25) is 0 Å². The normalized spacial score (nSPS) is 15.8. The molecule has 1 fully saturated rings. The van der Waals surface area contributed by atoms with Gasteiger partial charge in [-0.15, -0.1) is 0 Å². The van der Waals surface area contributed by atoms with Crippen molar-refractivity contribution in [1.29, 1.82) is 0 Å². The number of rotatable bonds is 7. The molecule has 1 aliphatic carbocycles. The summed E-state index contributed by atoms with van der Waals surface area (Å²) >= 11 is 0. The number of carbonyl (C=O) groups is 1. The van der Waals surface area contributed by atoms with Crippen LogP contribution >= 0.6 is 0 Å². The Morgan fingerprint density at radius 1 is 1.14 bits per heavy atom. The molecule has 0 saturated heterocycles. The van der Waals surface area contributed by atoms with E-state index in [0.29, 0.717) is 11.5 Å². The van der Waals surface area contributed by atoms with Crippen LogP contribution < -0.4 is 19.7 Å². The van der Waals surface area contributed by atoms with Gasteiger partial charge in [-0.05, 0) is 48.6 Å². The van der Waals surface area contributed by atoms with Crippen molar-refractivity contribution in [2.75, 3.05) is 18.6 Å². The number of hydrogen-bond donors (Lipinski definition) is 1. The summed E-state index contributed by atoms with van der Waals surface area (Å²) in [7, 11) is 1.42. The molecule has 1 N–H and O–H groups in total. The fourth-order valence-electron chi connectivity index (χ4n) is 4.94.